The molecule has 0 nitrogen and oxygen atoms in total. The van der Waals surface area contributed by atoms with Crippen LogP contribution in [0.1, 0.15) is 59.8 Å². The van der Waals surface area contributed by atoms with Crippen molar-refractivity contribution in [2.45, 2.75) is 59.8 Å². The fourth-order valence-electron chi connectivity index (χ4n) is 1.66. The maximum atomic E-state index is 2.31. The van der Waals surface area contributed by atoms with E-state index in [0.29, 0.717) is 0 Å². The minimum absolute atomic E-state index is 0. The van der Waals surface area contributed by atoms with E-state index < -0.39 is 0 Å². The van der Waals surface area contributed by atoms with Crippen molar-refractivity contribution < 1.29 is 21.1 Å². The number of hydrogen-bond acceptors (Lipinski definition) is 0. The molecule has 0 amide bonds. The Bertz CT molecular complexity index is 73.2. The Hall–Kier alpha value is 0.688. The van der Waals surface area contributed by atoms with Crippen LogP contribution >= 0.6 is 0 Å². The molecule has 0 aromatic carbocycles. The van der Waals surface area contributed by atoms with Crippen molar-refractivity contribution in [1.82, 2.24) is 0 Å². The van der Waals surface area contributed by atoms with Gasteiger partial charge in [0, 0.05) is 0 Å². The van der Waals surface area contributed by atoms with Gasteiger partial charge < -0.3 is 13.3 Å². The molecule has 0 aromatic rings. The predicted molar refractivity (Wildman–Crippen MR) is 58.9 cm³/mol. The summed E-state index contributed by atoms with van der Waals surface area (Å²) in [6.45, 7) is 8.62. The third-order valence-electron chi connectivity index (χ3n) is 2.01. The third kappa shape index (κ3) is 10.6. The molecular weight excluding hydrogens is 328 g/mol. The van der Waals surface area contributed by atoms with Crippen LogP contribution < -0.4 is 0 Å². The Kier molecular flexibility index (Phi) is 18.8. The molecule has 1 fully saturated rings. The van der Waals surface area contributed by atoms with Gasteiger partial charge in [0.2, 0.25) is 0 Å². The van der Waals surface area contributed by atoms with E-state index in [1.165, 1.54) is 32.1 Å². The Morgan fingerprint density at radius 3 is 1.77 bits per heavy atom. The molecule has 80 valence electrons. The van der Waals surface area contributed by atoms with Crippen LogP contribution in [-0.2, 0) is 21.1 Å². The van der Waals surface area contributed by atoms with Crippen molar-refractivity contribution in [3.8, 4) is 0 Å². The van der Waals surface area contributed by atoms with Gasteiger partial charge in [0.25, 0.3) is 0 Å². The molecule has 1 aliphatic rings. The standard InChI is InChI=1S/C9H17.C2H6.CH3.W/c1-8(2)7-9-5-3-4-6-9;1-2;;/h8H,3-7H2,1-2H3;1-2H3;1H3;/q-1;;-1;+2. The van der Waals surface area contributed by atoms with Crippen LogP contribution in [0, 0.1) is 19.3 Å². The van der Waals surface area contributed by atoms with E-state index in [4.69, 9.17) is 0 Å². The molecule has 0 aliphatic heterocycles. The van der Waals surface area contributed by atoms with Crippen LogP contribution in [0.2, 0.25) is 0 Å². The van der Waals surface area contributed by atoms with Crippen LogP contribution in [0.4, 0.5) is 0 Å². The second kappa shape index (κ2) is 12.7. The molecule has 0 aromatic heterocycles. The SMILES string of the molecule is CC.CC(C)C[C-]1CCCC1.[CH3-].[W+2]. The van der Waals surface area contributed by atoms with Gasteiger partial charge in [-0.3, -0.25) is 0 Å². The van der Waals surface area contributed by atoms with Gasteiger partial charge in [0.1, 0.15) is 0 Å². The van der Waals surface area contributed by atoms with Crippen molar-refractivity contribution in [1.29, 1.82) is 0 Å². The molecule has 0 spiro atoms. The first-order chi connectivity index (χ1) is 5.29. The summed E-state index contributed by atoms with van der Waals surface area (Å²) in [7, 11) is 0. The van der Waals surface area contributed by atoms with Crippen LogP contribution in [0.3, 0.4) is 0 Å². The smallest absolute Gasteiger partial charge is 0.358 e. The Morgan fingerprint density at radius 2 is 1.46 bits per heavy atom. The van der Waals surface area contributed by atoms with Gasteiger partial charge in [-0.05, 0) is 0 Å². The second-order valence-electron chi connectivity index (χ2n) is 3.56. The van der Waals surface area contributed by atoms with Gasteiger partial charge >= 0.3 is 21.1 Å². The zero-order valence-electron chi connectivity index (χ0n) is 10.0. The average Bonchev–Trinajstić information content (AvgIpc) is 2.43. The van der Waals surface area contributed by atoms with E-state index in [-0.39, 0.29) is 28.5 Å². The summed E-state index contributed by atoms with van der Waals surface area (Å²) < 4.78 is 0. The quantitative estimate of drug-likeness (QED) is 0.633. The molecule has 0 saturated heterocycles. The number of rotatable bonds is 2. The van der Waals surface area contributed by atoms with Crippen molar-refractivity contribution in [3.63, 3.8) is 0 Å². The van der Waals surface area contributed by atoms with Crippen molar-refractivity contribution in [3.05, 3.63) is 13.3 Å². The van der Waals surface area contributed by atoms with E-state index in [1.807, 2.05) is 19.8 Å². The molecule has 0 N–H and O–H groups in total. The molecule has 1 aliphatic carbocycles. The van der Waals surface area contributed by atoms with Crippen LogP contribution in [0.5, 0.6) is 0 Å². The first-order valence-corrected chi connectivity index (χ1v) is 5.12. The summed E-state index contributed by atoms with van der Waals surface area (Å²) in [6.07, 6.45) is 7.17. The largest absolute Gasteiger partial charge is 2.00 e. The Labute approximate surface area is 100 Å². The topological polar surface area (TPSA) is 0 Å². The molecular formula is C12H26W. The van der Waals surface area contributed by atoms with E-state index in [0.717, 1.165) is 5.92 Å². The fraction of sp³-hybridized carbons (Fsp3) is 0.833. The molecule has 0 radical (unpaired) electrons. The molecule has 0 atom stereocenters. The van der Waals surface area contributed by atoms with E-state index in [1.54, 1.807) is 0 Å². The summed E-state index contributed by atoms with van der Waals surface area (Å²) in [6, 6.07) is 0. The second-order valence-corrected chi connectivity index (χ2v) is 3.56. The van der Waals surface area contributed by atoms with Gasteiger partial charge in [0.05, 0.1) is 0 Å². The minimum Gasteiger partial charge on any atom is -0.358 e. The predicted octanol–water partition coefficient (Wildman–Crippen LogP) is 4.65. The van der Waals surface area contributed by atoms with Crippen LogP contribution in [0.25, 0.3) is 0 Å². The third-order valence-corrected chi connectivity index (χ3v) is 2.01. The summed E-state index contributed by atoms with van der Waals surface area (Å²) >= 11 is 0. The summed E-state index contributed by atoms with van der Waals surface area (Å²) in [5.74, 6) is 2.71. The Morgan fingerprint density at radius 1 is 1.08 bits per heavy atom. The normalized spacial score (nSPS) is 15.5. The van der Waals surface area contributed by atoms with Crippen molar-refractivity contribution in [2.75, 3.05) is 0 Å². The van der Waals surface area contributed by atoms with Gasteiger partial charge in [-0.15, -0.1) is 0 Å². The molecule has 1 heteroatoms. The molecule has 0 heterocycles. The average molecular weight is 354 g/mol. The van der Waals surface area contributed by atoms with E-state index >= 15 is 0 Å². The van der Waals surface area contributed by atoms with E-state index in [9.17, 15) is 0 Å². The molecule has 1 rings (SSSR count). The van der Waals surface area contributed by atoms with Crippen molar-refractivity contribution >= 4 is 0 Å². The minimum atomic E-state index is 0. The zero-order valence-corrected chi connectivity index (χ0v) is 13.0. The molecule has 0 unspecified atom stereocenters. The van der Waals surface area contributed by atoms with Crippen molar-refractivity contribution in [2.24, 2.45) is 5.92 Å². The van der Waals surface area contributed by atoms with Gasteiger partial charge in [-0.2, -0.15) is 19.3 Å². The summed E-state index contributed by atoms with van der Waals surface area (Å²) in [5, 5.41) is 0. The number of hydrogen-bond donors (Lipinski definition) is 0. The zero-order chi connectivity index (χ0) is 8.69. The van der Waals surface area contributed by atoms with Gasteiger partial charge in [-0.1, -0.05) is 46.5 Å². The fourth-order valence-corrected chi connectivity index (χ4v) is 1.66. The first-order valence-electron chi connectivity index (χ1n) is 5.12. The van der Waals surface area contributed by atoms with Gasteiger partial charge in [-0.25, -0.2) is 0 Å². The first kappa shape index (κ1) is 19.3. The Balaban J connectivity index is -0.000000234. The monoisotopic (exact) mass is 354 g/mol. The van der Waals surface area contributed by atoms with Gasteiger partial charge in [0.15, 0.2) is 0 Å². The van der Waals surface area contributed by atoms with Crippen LogP contribution in [0.15, 0.2) is 0 Å². The summed E-state index contributed by atoms with van der Waals surface area (Å²) in [5.41, 5.74) is 0. The van der Waals surface area contributed by atoms with Crippen LogP contribution in [-0.4, -0.2) is 0 Å². The summed E-state index contributed by atoms with van der Waals surface area (Å²) in [4.78, 5) is 0. The maximum Gasteiger partial charge on any atom is 2.00 e. The molecule has 13 heavy (non-hydrogen) atoms. The molecule has 1 saturated carbocycles. The maximum absolute atomic E-state index is 2.31. The van der Waals surface area contributed by atoms with E-state index in [2.05, 4.69) is 13.8 Å². The molecule has 0 bridgehead atoms.